The molecule has 1 N–H and O–H groups in total. The molecule has 0 saturated carbocycles. The molecule has 26 heavy (non-hydrogen) atoms. The van der Waals surface area contributed by atoms with Gasteiger partial charge in [0.25, 0.3) is 0 Å². The standard InChI is InChI=1S/C19H21N5OS/c1-14-5-6-15-16(12-14)22-19(21-15)26-13-18(25)24-10-8-23(9-11-24)17-4-2-3-7-20-17/h2-7,12H,8-11,13H2,1H3,(H,21,22). The highest BCUT2D eigenvalue weighted by molar-refractivity contribution is 7.99. The van der Waals surface area contributed by atoms with Crippen LogP contribution in [0.3, 0.4) is 0 Å². The number of nitrogens with zero attached hydrogens (tertiary/aromatic N) is 4. The number of aryl methyl sites for hydroxylation is 1. The summed E-state index contributed by atoms with van der Waals surface area (Å²) in [7, 11) is 0. The number of nitrogens with one attached hydrogen (secondary N) is 1. The molecule has 2 aromatic heterocycles. The number of rotatable bonds is 4. The number of carbonyl (C=O) groups excluding carboxylic acids is 1. The number of benzene rings is 1. The Bertz CT molecular complexity index is 903. The molecule has 1 amide bonds. The van der Waals surface area contributed by atoms with E-state index in [4.69, 9.17) is 0 Å². The average molecular weight is 367 g/mol. The summed E-state index contributed by atoms with van der Waals surface area (Å²) in [6, 6.07) is 12.0. The van der Waals surface area contributed by atoms with Gasteiger partial charge >= 0.3 is 0 Å². The van der Waals surface area contributed by atoms with Crippen LogP contribution in [0, 0.1) is 6.92 Å². The SMILES string of the molecule is Cc1ccc2nc(SCC(=O)N3CCN(c4ccccn4)CC3)[nH]c2c1. The zero-order valence-electron chi connectivity index (χ0n) is 14.7. The van der Waals surface area contributed by atoms with Gasteiger partial charge in [-0.1, -0.05) is 23.9 Å². The van der Waals surface area contributed by atoms with Crippen LogP contribution < -0.4 is 4.90 Å². The second kappa shape index (κ2) is 7.37. The van der Waals surface area contributed by atoms with E-state index in [1.807, 2.05) is 35.2 Å². The minimum Gasteiger partial charge on any atom is -0.353 e. The van der Waals surface area contributed by atoms with Crippen LogP contribution in [0.15, 0.2) is 47.8 Å². The fourth-order valence-electron chi connectivity index (χ4n) is 3.12. The highest BCUT2D eigenvalue weighted by Crippen LogP contribution is 2.21. The van der Waals surface area contributed by atoms with Gasteiger partial charge in [0.2, 0.25) is 5.91 Å². The van der Waals surface area contributed by atoms with Crippen LogP contribution in [0.5, 0.6) is 0 Å². The summed E-state index contributed by atoms with van der Waals surface area (Å²) < 4.78 is 0. The monoisotopic (exact) mass is 367 g/mol. The number of hydrogen-bond acceptors (Lipinski definition) is 5. The minimum absolute atomic E-state index is 0.160. The van der Waals surface area contributed by atoms with Gasteiger partial charge in [-0.3, -0.25) is 4.79 Å². The van der Waals surface area contributed by atoms with E-state index in [1.54, 1.807) is 6.20 Å². The van der Waals surface area contributed by atoms with E-state index in [0.29, 0.717) is 5.75 Å². The van der Waals surface area contributed by atoms with Crippen molar-refractivity contribution in [3.8, 4) is 0 Å². The van der Waals surface area contributed by atoms with Crippen molar-refractivity contribution in [2.45, 2.75) is 12.1 Å². The molecular formula is C19H21N5OS. The molecule has 4 rings (SSSR count). The molecular weight excluding hydrogens is 346 g/mol. The molecule has 7 heteroatoms. The van der Waals surface area contributed by atoms with Crippen LogP contribution in [-0.4, -0.2) is 57.7 Å². The Hall–Kier alpha value is -2.54. The number of pyridine rings is 1. The topological polar surface area (TPSA) is 65.1 Å². The van der Waals surface area contributed by atoms with Crippen molar-refractivity contribution in [2.75, 3.05) is 36.8 Å². The molecule has 0 spiro atoms. The zero-order chi connectivity index (χ0) is 17.9. The van der Waals surface area contributed by atoms with E-state index in [-0.39, 0.29) is 5.91 Å². The molecule has 0 unspecified atom stereocenters. The third-order valence-corrected chi connectivity index (χ3v) is 5.41. The largest absolute Gasteiger partial charge is 0.353 e. The van der Waals surface area contributed by atoms with Crippen LogP contribution in [0.25, 0.3) is 11.0 Å². The maximum atomic E-state index is 12.5. The van der Waals surface area contributed by atoms with Gasteiger partial charge in [0, 0.05) is 32.4 Å². The minimum atomic E-state index is 0.160. The highest BCUT2D eigenvalue weighted by atomic mass is 32.2. The second-order valence-electron chi connectivity index (χ2n) is 6.41. The van der Waals surface area contributed by atoms with E-state index in [2.05, 4.69) is 32.8 Å². The van der Waals surface area contributed by atoms with E-state index in [1.165, 1.54) is 17.3 Å². The number of H-pyrrole nitrogens is 1. The van der Waals surface area contributed by atoms with Gasteiger partial charge in [-0.15, -0.1) is 0 Å². The van der Waals surface area contributed by atoms with Gasteiger partial charge in [0.15, 0.2) is 5.16 Å². The van der Waals surface area contributed by atoms with Gasteiger partial charge in [-0.2, -0.15) is 0 Å². The van der Waals surface area contributed by atoms with Crippen molar-refractivity contribution in [1.29, 1.82) is 0 Å². The summed E-state index contributed by atoms with van der Waals surface area (Å²) in [6.07, 6.45) is 1.80. The number of aromatic amines is 1. The van der Waals surface area contributed by atoms with E-state index in [9.17, 15) is 4.79 Å². The number of imidazole rings is 1. The lowest BCUT2D eigenvalue weighted by Gasteiger charge is -2.35. The average Bonchev–Trinajstić information content (AvgIpc) is 3.09. The number of anilines is 1. The van der Waals surface area contributed by atoms with Crippen molar-refractivity contribution in [1.82, 2.24) is 19.9 Å². The summed E-state index contributed by atoms with van der Waals surface area (Å²) >= 11 is 1.47. The quantitative estimate of drug-likeness (QED) is 0.718. The molecule has 1 aliphatic heterocycles. The number of fused-ring (bicyclic) bond motifs is 1. The van der Waals surface area contributed by atoms with Crippen LogP contribution >= 0.6 is 11.8 Å². The third-order valence-electron chi connectivity index (χ3n) is 4.55. The molecule has 3 heterocycles. The van der Waals surface area contributed by atoms with Crippen LogP contribution in [-0.2, 0) is 4.79 Å². The Labute approximate surface area is 156 Å². The molecule has 6 nitrogen and oxygen atoms in total. The maximum absolute atomic E-state index is 12.5. The first-order valence-electron chi connectivity index (χ1n) is 8.72. The molecule has 1 aromatic carbocycles. The Morgan fingerprint density at radius 2 is 2.04 bits per heavy atom. The maximum Gasteiger partial charge on any atom is 0.233 e. The molecule has 3 aromatic rings. The molecule has 1 saturated heterocycles. The summed E-state index contributed by atoms with van der Waals surface area (Å²) in [5.74, 6) is 1.54. The predicted octanol–water partition coefficient (Wildman–Crippen LogP) is 2.71. The third kappa shape index (κ3) is 3.67. The van der Waals surface area contributed by atoms with Gasteiger partial charge in [-0.05, 0) is 36.8 Å². The summed E-state index contributed by atoms with van der Waals surface area (Å²) in [5, 5.41) is 0.797. The van der Waals surface area contributed by atoms with Crippen molar-refractivity contribution in [3.05, 3.63) is 48.2 Å². The van der Waals surface area contributed by atoms with Crippen molar-refractivity contribution in [2.24, 2.45) is 0 Å². The molecule has 0 atom stereocenters. The predicted molar refractivity (Wildman–Crippen MR) is 105 cm³/mol. The fourth-order valence-corrected chi connectivity index (χ4v) is 3.90. The Balaban J connectivity index is 1.31. The van der Waals surface area contributed by atoms with Crippen molar-refractivity contribution >= 4 is 34.5 Å². The Kier molecular flexibility index (Phi) is 4.79. The Morgan fingerprint density at radius 3 is 2.81 bits per heavy atom. The van der Waals surface area contributed by atoms with Gasteiger partial charge in [-0.25, -0.2) is 9.97 Å². The van der Waals surface area contributed by atoms with Crippen LogP contribution in [0.1, 0.15) is 5.56 Å². The second-order valence-corrected chi connectivity index (χ2v) is 7.37. The lowest BCUT2D eigenvalue weighted by Crippen LogP contribution is -2.49. The van der Waals surface area contributed by atoms with Crippen molar-refractivity contribution in [3.63, 3.8) is 0 Å². The summed E-state index contributed by atoms with van der Waals surface area (Å²) in [6.45, 7) is 5.15. The van der Waals surface area contributed by atoms with Crippen LogP contribution in [0.4, 0.5) is 5.82 Å². The number of thioether (sulfide) groups is 1. The van der Waals surface area contributed by atoms with E-state index >= 15 is 0 Å². The fraction of sp³-hybridized carbons (Fsp3) is 0.316. The first-order valence-corrected chi connectivity index (χ1v) is 9.70. The normalized spacial score (nSPS) is 14.8. The molecule has 134 valence electrons. The van der Waals surface area contributed by atoms with Crippen LogP contribution in [0.2, 0.25) is 0 Å². The zero-order valence-corrected chi connectivity index (χ0v) is 15.5. The van der Waals surface area contributed by atoms with E-state index in [0.717, 1.165) is 48.2 Å². The highest BCUT2D eigenvalue weighted by Gasteiger charge is 2.22. The first kappa shape index (κ1) is 16.9. The molecule has 0 bridgehead atoms. The Morgan fingerprint density at radius 1 is 1.19 bits per heavy atom. The molecule has 1 aliphatic rings. The summed E-state index contributed by atoms with van der Waals surface area (Å²) in [5.41, 5.74) is 3.15. The lowest BCUT2D eigenvalue weighted by molar-refractivity contribution is -0.128. The molecule has 1 fully saturated rings. The molecule has 0 aliphatic carbocycles. The van der Waals surface area contributed by atoms with E-state index < -0.39 is 0 Å². The van der Waals surface area contributed by atoms with Gasteiger partial charge < -0.3 is 14.8 Å². The first-order chi connectivity index (χ1) is 12.7. The smallest absolute Gasteiger partial charge is 0.233 e. The number of amides is 1. The number of carbonyl (C=O) groups is 1. The van der Waals surface area contributed by atoms with Gasteiger partial charge in [0.05, 0.1) is 16.8 Å². The van der Waals surface area contributed by atoms with Crippen molar-refractivity contribution < 1.29 is 4.79 Å². The number of piperazine rings is 1. The lowest BCUT2D eigenvalue weighted by atomic mass is 10.2. The molecule has 0 radical (unpaired) electrons. The number of hydrogen-bond donors (Lipinski definition) is 1. The van der Waals surface area contributed by atoms with Gasteiger partial charge in [0.1, 0.15) is 5.82 Å². The summed E-state index contributed by atoms with van der Waals surface area (Å²) in [4.78, 5) is 28.9. The number of aromatic nitrogens is 3.